The molecule has 0 aliphatic heterocycles. The van der Waals surface area contributed by atoms with Crippen molar-refractivity contribution in [2.75, 3.05) is 0 Å². The van der Waals surface area contributed by atoms with E-state index in [9.17, 15) is 4.79 Å². The van der Waals surface area contributed by atoms with Gasteiger partial charge in [0, 0.05) is 18.9 Å². The molecule has 2 atom stereocenters. The lowest BCUT2D eigenvalue weighted by Crippen LogP contribution is -2.28. The molecule has 1 aliphatic rings. The first-order valence-corrected chi connectivity index (χ1v) is 5.48. The van der Waals surface area contributed by atoms with Gasteiger partial charge >= 0.3 is 0 Å². The fourth-order valence-corrected chi connectivity index (χ4v) is 2.56. The van der Waals surface area contributed by atoms with Gasteiger partial charge in [0.15, 0.2) is 0 Å². The van der Waals surface area contributed by atoms with Gasteiger partial charge < -0.3 is 4.79 Å². The molecule has 82 valence electrons. The van der Waals surface area contributed by atoms with Crippen molar-refractivity contribution < 1.29 is 4.79 Å². The first-order valence-electron chi connectivity index (χ1n) is 5.48. The molecule has 2 rings (SSSR count). The maximum atomic E-state index is 11.3. The number of rotatable bonds is 3. The monoisotopic (exact) mass is 207 g/mol. The Kier molecular flexibility index (Phi) is 2.59. The van der Waals surface area contributed by atoms with Gasteiger partial charge in [-0.05, 0) is 18.8 Å². The van der Waals surface area contributed by atoms with Crippen LogP contribution in [0.5, 0.6) is 0 Å². The van der Waals surface area contributed by atoms with Crippen LogP contribution in [0.1, 0.15) is 31.9 Å². The fraction of sp³-hybridized carbons (Fsp3) is 0.727. The van der Waals surface area contributed by atoms with Gasteiger partial charge in [0.2, 0.25) is 0 Å². The lowest BCUT2D eigenvalue weighted by atomic mass is 9.76. The van der Waals surface area contributed by atoms with Crippen molar-refractivity contribution >= 4 is 6.29 Å². The number of hydrogen-bond donors (Lipinski definition) is 0. The van der Waals surface area contributed by atoms with Gasteiger partial charge in [-0.2, -0.15) is 15.0 Å². The highest BCUT2D eigenvalue weighted by Crippen LogP contribution is 2.43. The lowest BCUT2D eigenvalue weighted by molar-refractivity contribution is -0.117. The maximum absolute atomic E-state index is 11.3. The van der Waals surface area contributed by atoms with Crippen LogP contribution in [0, 0.1) is 11.3 Å². The Morgan fingerprint density at radius 2 is 2.53 bits per heavy atom. The molecule has 0 amide bonds. The molecule has 1 aromatic rings. The van der Waals surface area contributed by atoms with Gasteiger partial charge in [-0.1, -0.05) is 13.3 Å². The van der Waals surface area contributed by atoms with Gasteiger partial charge in [-0.25, -0.2) is 0 Å². The second kappa shape index (κ2) is 3.76. The highest BCUT2D eigenvalue weighted by atomic mass is 16.1. The Bertz CT molecular complexity index is 360. The zero-order chi connectivity index (χ0) is 10.9. The minimum Gasteiger partial charge on any atom is -0.303 e. The smallest absolute Gasteiger partial charge is 0.126 e. The first kappa shape index (κ1) is 10.3. The minimum absolute atomic E-state index is 0.184. The second-order valence-electron chi connectivity index (χ2n) is 4.65. The number of hydrogen-bond acceptors (Lipinski definition) is 3. The van der Waals surface area contributed by atoms with Gasteiger partial charge in [-0.15, -0.1) is 0 Å². The second-order valence-corrected chi connectivity index (χ2v) is 4.65. The van der Waals surface area contributed by atoms with Crippen LogP contribution in [0.3, 0.4) is 0 Å². The average Bonchev–Trinajstić information content (AvgIpc) is 2.76. The van der Waals surface area contributed by atoms with E-state index in [0.717, 1.165) is 37.7 Å². The van der Waals surface area contributed by atoms with Gasteiger partial charge in [-0.3, -0.25) is 0 Å². The predicted molar refractivity (Wildman–Crippen MR) is 56.2 cm³/mol. The number of carbonyl (C=O) groups excluding carboxylic acids is 1. The van der Waals surface area contributed by atoms with E-state index in [4.69, 9.17) is 0 Å². The number of nitrogens with zero attached hydrogens (tertiary/aromatic N) is 3. The summed E-state index contributed by atoms with van der Waals surface area (Å²) in [5, 5.41) is 8.29. The third-order valence-corrected chi connectivity index (χ3v) is 3.65. The molecule has 0 saturated heterocycles. The molecule has 15 heavy (non-hydrogen) atoms. The summed E-state index contributed by atoms with van der Waals surface area (Å²) in [5.41, 5.74) is 0.745. The van der Waals surface area contributed by atoms with Crippen molar-refractivity contribution in [2.24, 2.45) is 18.4 Å². The highest BCUT2D eigenvalue weighted by molar-refractivity contribution is 5.61. The van der Waals surface area contributed by atoms with Crippen LogP contribution in [-0.2, 0) is 18.3 Å². The van der Waals surface area contributed by atoms with Crippen LogP contribution >= 0.6 is 0 Å². The van der Waals surface area contributed by atoms with Gasteiger partial charge in [0.25, 0.3) is 0 Å². The van der Waals surface area contributed by atoms with Crippen LogP contribution < -0.4 is 0 Å². The van der Waals surface area contributed by atoms with Crippen LogP contribution in [0.4, 0.5) is 0 Å². The summed E-state index contributed by atoms with van der Waals surface area (Å²) in [5.74, 6) is 0.469. The zero-order valence-corrected chi connectivity index (χ0v) is 9.31. The first-order chi connectivity index (χ1) is 7.16. The molecule has 0 aromatic carbocycles. The van der Waals surface area contributed by atoms with E-state index in [-0.39, 0.29) is 5.41 Å². The largest absolute Gasteiger partial charge is 0.303 e. The molecule has 1 aromatic heterocycles. The lowest BCUT2D eigenvalue weighted by Gasteiger charge is -2.26. The molecule has 4 nitrogen and oxygen atoms in total. The molecule has 0 bridgehead atoms. The molecule has 1 fully saturated rings. The van der Waals surface area contributed by atoms with E-state index in [0.29, 0.717) is 5.92 Å². The highest BCUT2D eigenvalue weighted by Gasteiger charge is 2.40. The molecule has 0 N–H and O–H groups in total. The van der Waals surface area contributed by atoms with Crippen molar-refractivity contribution in [2.45, 2.75) is 32.6 Å². The molecule has 1 saturated carbocycles. The Hall–Kier alpha value is -1.19. The summed E-state index contributed by atoms with van der Waals surface area (Å²) in [6.07, 6.45) is 6.94. The zero-order valence-electron chi connectivity index (χ0n) is 9.31. The third-order valence-electron chi connectivity index (χ3n) is 3.65. The molecule has 1 heterocycles. The maximum Gasteiger partial charge on any atom is 0.126 e. The topological polar surface area (TPSA) is 47.8 Å². The Labute approximate surface area is 89.7 Å². The Morgan fingerprint density at radius 1 is 1.73 bits per heavy atom. The molecule has 0 spiro atoms. The van der Waals surface area contributed by atoms with Gasteiger partial charge in [0.05, 0.1) is 11.9 Å². The summed E-state index contributed by atoms with van der Waals surface area (Å²) >= 11 is 0. The van der Waals surface area contributed by atoms with Crippen LogP contribution in [0.2, 0.25) is 0 Å². The van der Waals surface area contributed by atoms with E-state index in [1.807, 2.05) is 0 Å². The van der Waals surface area contributed by atoms with Crippen molar-refractivity contribution in [3.63, 3.8) is 0 Å². The summed E-state index contributed by atoms with van der Waals surface area (Å²) in [7, 11) is 1.80. The van der Waals surface area contributed by atoms with E-state index in [1.165, 1.54) is 0 Å². The third kappa shape index (κ3) is 1.80. The van der Waals surface area contributed by atoms with E-state index >= 15 is 0 Å². The summed E-state index contributed by atoms with van der Waals surface area (Å²) in [6, 6.07) is 0. The normalized spacial score (nSPS) is 30.7. The van der Waals surface area contributed by atoms with Crippen molar-refractivity contribution in [3.8, 4) is 0 Å². The standard InChI is InChI=1S/C11H17N3O/c1-9-4-3-5-11(9,8-15)6-10-7-12-14(2)13-10/h7-9H,3-6H2,1-2H3. The summed E-state index contributed by atoms with van der Waals surface area (Å²) in [6.45, 7) is 2.16. The van der Waals surface area contributed by atoms with Crippen LogP contribution in [-0.4, -0.2) is 21.3 Å². The van der Waals surface area contributed by atoms with E-state index < -0.39 is 0 Å². The molecular formula is C11H17N3O. The molecule has 1 aliphatic carbocycles. The molecular weight excluding hydrogens is 190 g/mol. The van der Waals surface area contributed by atoms with Crippen molar-refractivity contribution in [1.82, 2.24) is 15.0 Å². The summed E-state index contributed by atoms with van der Waals surface area (Å²) < 4.78 is 0. The van der Waals surface area contributed by atoms with Crippen molar-refractivity contribution in [3.05, 3.63) is 11.9 Å². The Morgan fingerprint density at radius 3 is 3.00 bits per heavy atom. The fourth-order valence-electron chi connectivity index (χ4n) is 2.56. The number of aryl methyl sites for hydroxylation is 1. The molecule has 2 unspecified atom stereocenters. The SMILES string of the molecule is CC1CCCC1(C=O)Cc1cnn(C)n1. The van der Waals surface area contributed by atoms with E-state index in [2.05, 4.69) is 17.1 Å². The number of aldehydes is 1. The van der Waals surface area contributed by atoms with Crippen molar-refractivity contribution in [1.29, 1.82) is 0 Å². The minimum atomic E-state index is -0.184. The average molecular weight is 207 g/mol. The van der Waals surface area contributed by atoms with Crippen LogP contribution in [0.25, 0.3) is 0 Å². The quantitative estimate of drug-likeness (QED) is 0.703. The predicted octanol–water partition coefficient (Wildman–Crippen LogP) is 1.36. The number of aromatic nitrogens is 3. The van der Waals surface area contributed by atoms with Gasteiger partial charge in [0.1, 0.15) is 6.29 Å². The number of carbonyl (C=O) groups is 1. The van der Waals surface area contributed by atoms with Crippen LogP contribution in [0.15, 0.2) is 6.20 Å². The van der Waals surface area contributed by atoms with E-state index in [1.54, 1.807) is 18.0 Å². The summed E-state index contributed by atoms with van der Waals surface area (Å²) in [4.78, 5) is 12.8. The Balaban J connectivity index is 2.18. The molecule has 4 heteroatoms. The molecule has 0 radical (unpaired) electrons.